The highest BCUT2D eigenvalue weighted by Gasteiger charge is 2.41. The summed E-state index contributed by atoms with van der Waals surface area (Å²) < 4.78 is 5.87. The van der Waals surface area contributed by atoms with Crippen LogP contribution in [-0.2, 0) is 11.2 Å². The highest BCUT2D eigenvalue weighted by molar-refractivity contribution is 5.31. The highest BCUT2D eigenvalue weighted by Crippen LogP contribution is 2.38. The third-order valence-corrected chi connectivity index (χ3v) is 4.60. The van der Waals surface area contributed by atoms with Gasteiger partial charge in [0.1, 0.15) is 0 Å². The fourth-order valence-electron chi connectivity index (χ4n) is 3.09. The van der Waals surface area contributed by atoms with E-state index in [4.69, 9.17) is 4.74 Å². The number of nitrogens with one attached hydrogen (secondary N) is 1. The van der Waals surface area contributed by atoms with Crippen LogP contribution in [0.15, 0.2) is 18.2 Å². The van der Waals surface area contributed by atoms with Crippen molar-refractivity contribution in [3.63, 3.8) is 0 Å². The molecular formula is C17H27NO. The lowest BCUT2D eigenvalue weighted by Crippen LogP contribution is -2.41. The summed E-state index contributed by atoms with van der Waals surface area (Å²) in [6.07, 6.45) is 2.62. The second-order valence-electron chi connectivity index (χ2n) is 6.01. The zero-order chi connectivity index (χ0) is 13.9. The summed E-state index contributed by atoms with van der Waals surface area (Å²) in [7, 11) is 0. The molecule has 2 atom stereocenters. The summed E-state index contributed by atoms with van der Waals surface area (Å²) >= 11 is 0. The molecule has 1 aliphatic heterocycles. The van der Waals surface area contributed by atoms with Gasteiger partial charge in [0.05, 0.1) is 6.10 Å². The summed E-state index contributed by atoms with van der Waals surface area (Å²) in [5.74, 6) is 0. The molecule has 2 unspecified atom stereocenters. The van der Waals surface area contributed by atoms with Crippen LogP contribution < -0.4 is 5.32 Å². The molecule has 1 heterocycles. The quantitative estimate of drug-likeness (QED) is 0.878. The summed E-state index contributed by atoms with van der Waals surface area (Å²) in [5, 5.41) is 3.54. The molecule has 1 saturated heterocycles. The zero-order valence-electron chi connectivity index (χ0n) is 12.8. The number of hydrogen-bond acceptors (Lipinski definition) is 2. The monoisotopic (exact) mass is 261 g/mol. The van der Waals surface area contributed by atoms with Crippen LogP contribution in [0.3, 0.4) is 0 Å². The van der Waals surface area contributed by atoms with Gasteiger partial charge in [0.15, 0.2) is 0 Å². The normalized spacial score (nSPS) is 26.8. The van der Waals surface area contributed by atoms with Crippen molar-refractivity contribution in [1.29, 1.82) is 0 Å². The second kappa shape index (κ2) is 6.06. The number of benzene rings is 1. The van der Waals surface area contributed by atoms with Crippen LogP contribution in [0.4, 0.5) is 0 Å². The number of ether oxygens (including phenoxy) is 1. The van der Waals surface area contributed by atoms with Crippen LogP contribution >= 0.6 is 0 Å². The minimum Gasteiger partial charge on any atom is -0.378 e. The second-order valence-corrected chi connectivity index (χ2v) is 6.01. The van der Waals surface area contributed by atoms with Crippen molar-refractivity contribution in [2.24, 2.45) is 5.41 Å². The standard InChI is InChI=1S/C17H27NO/c1-5-18-12-17(8-9-19-15(17)4)11-16-10-13(2)6-7-14(16)3/h6-7,10,15,18H,5,8-9,11-12H2,1-4H3. The van der Waals surface area contributed by atoms with E-state index in [0.29, 0.717) is 6.10 Å². The Hall–Kier alpha value is -0.860. The Kier molecular flexibility index (Phi) is 4.64. The average molecular weight is 261 g/mol. The molecule has 0 radical (unpaired) electrons. The first kappa shape index (κ1) is 14.5. The van der Waals surface area contributed by atoms with Crippen LogP contribution in [-0.4, -0.2) is 25.8 Å². The van der Waals surface area contributed by atoms with E-state index in [1.54, 1.807) is 0 Å². The van der Waals surface area contributed by atoms with Gasteiger partial charge >= 0.3 is 0 Å². The zero-order valence-corrected chi connectivity index (χ0v) is 12.8. The third kappa shape index (κ3) is 3.18. The van der Waals surface area contributed by atoms with Crippen LogP contribution in [0, 0.1) is 19.3 Å². The van der Waals surface area contributed by atoms with Crippen LogP contribution in [0.1, 0.15) is 37.0 Å². The largest absolute Gasteiger partial charge is 0.378 e. The molecule has 0 saturated carbocycles. The maximum absolute atomic E-state index is 5.87. The molecule has 2 heteroatoms. The minimum atomic E-state index is 0.258. The van der Waals surface area contributed by atoms with Crippen molar-refractivity contribution < 1.29 is 4.74 Å². The first-order valence-corrected chi connectivity index (χ1v) is 7.46. The smallest absolute Gasteiger partial charge is 0.0619 e. The Labute approximate surface area is 117 Å². The van der Waals surface area contributed by atoms with Crippen molar-refractivity contribution in [1.82, 2.24) is 5.32 Å². The summed E-state index contributed by atoms with van der Waals surface area (Å²) in [6, 6.07) is 6.78. The Morgan fingerprint density at radius 3 is 2.79 bits per heavy atom. The molecule has 0 spiro atoms. The van der Waals surface area contributed by atoms with E-state index in [1.165, 1.54) is 16.7 Å². The van der Waals surface area contributed by atoms with Gasteiger partial charge in [-0.1, -0.05) is 30.7 Å². The molecular weight excluding hydrogens is 234 g/mol. The van der Waals surface area contributed by atoms with Crippen LogP contribution in [0.25, 0.3) is 0 Å². The van der Waals surface area contributed by atoms with E-state index in [9.17, 15) is 0 Å². The van der Waals surface area contributed by atoms with Crippen molar-refractivity contribution in [2.45, 2.75) is 46.6 Å². The summed E-state index contributed by atoms with van der Waals surface area (Å²) in [6.45, 7) is 11.8. The Bertz CT molecular complexity index is 429. The van der Waals surface area contributed by atoms with Crippen LogP contribution in [0.5, 0.6) is 0 Å². The van der Waals surface area contributed by atoms with E-state index in [-0.39, 0.29) is 5.41 Å². The molecule has 2 rings (SSSR count). The molecule has 0 aromatic heterocycles. The molecule has 1 aromatic carbocycles. The van der Waals surface area contributed by atoms with Gasteiger partial charge in [-0.15, -0.1) is 0 Å². The lowest BCUT2D eigenvalue weighted by molar-refractivity contribution is 0.0632. The average Bonchev–Trinajstić information content (AvgIpc) is 2.73. The van der Waals surface area contributed by atoms with Gasteiger partial charge in [-0.25, -0.2) is 0 Å². The molecule has 1 N–H and O–H groups in total. The van der Waals surface area contributed by atoms with E-state index >= 15 is 0 Å². The molecule has 1 fully saturated rings. The van der Waals surface area contributed by atoms with E-state index in [1.807, 2.05) is 0 Å². The van der Waals surface area contributed by atoms with E-state index < -0.39 is 0 Å². The SMILES string of the molecule is CCNCC1(Cc2cc(C)ccc2C)CCOC1C. The lowest BCUT2D eigenvalue weighted by Gasteiger charge is -2.33. The third-order valence-electron chi connectivity index (χ3n) is 4.60. The molecule has 1 aromatic rings. The molecule has 0 amide bonds. The van der Waals surface area contributed by atoms with Gasteiger partial charge in [-0.05, 0) is 51.3 Å². The van der Waals surface area contributed by atoms with E-state index in [0.717, 1.165) is 32.5 Å². The predicted octanol–water partition coefficient (Wildman–Crippen LogP) is 3.25. The lowest BCUT2D eigenvalue weighted by atomic mass is 9.75. The van der Waals surface area contributed by atoms with Gasteiger partial charge in [-0.2, -0.15) is 0 Å². The van der Waals surface area contributed by atoms with Gasteiger partial charge in [-0.3, -0.25) is 0 Å². The molecule has 1 aliphatic rings. The van der Waals surface area contributed by atoms with Crippen molar-refractivity contribution in [3.8, 4) is 0 Å². The topological polar surface area (TPSA) is 21.3 Å². The molecule has 19 heavy (non-hydrogen) atoms. The fourth-order valence-corrected chi connectivity index (χ4v) is 3.09. The van der Waals surface area contributed by atoms with Crippen LogP contribution in [0.2, 0.25) is 0 Å². The van der Waals surface area contributed by atoms with E-state index in [2.05, 4.69) is 51.2 Å². The molecule has 0 aliphatic carbocycles. The Balaban J connectivity index is 2.22. The summed E-state index contributed by atoms with van der Waals surface area (Å²) in [5.41, 5.74) is 4.50. The van der Waals surface area contributed by atoms with Gasteiger partial charge in [0, 0.05) is 18.6 Å². The number of aryl methyl sites for hydroxylation is 2. The van der Waals surface area contributed by atoms with Gasteiger partial charge in [0.25, 0.3) is 0 Å². The van der Waals surface area contributed by atoms with Crippen molar-refractivity contribution >= 4 is 0 Å². The maximum atomic E-state index is 5.87. The maximum Gasteiger partial charge on any atom is 0.0619 e. The Morgan fingerprint density at radius 2 is 2.16 bits per heavy atom. The first-order chi connectivity index (χ1) is 9.07. The van der Waals surface area contributed by atoms with Gasteiger partial charge in [0.2, 0.25) is 0 Å². The highest BCUT2D eigenvalue weighted by atomic mass is 16.5. The molecule has 106 valence electrons. The van der Waals surface area contributed by atoms with Crippen molar-refractivity contribution in [2.75, 3.05) is 19.7 Å². The Morgan fingerprint density at radius 1 is 1.37 bits per heavy atom. The summed E-state index contributed by atoms with van der Waals surface area (Å²) in [4.78, 5) is 0. The molecule has 0 bridgehead atoms. The van der Waals surface area contributed by atoms with Crippen molar-refractivity contribution in [3.05, 3.63) is 34.9 Å². The van der Waals surface area contributed by atoms with Gasteiger partial charge < -0.3 is 10.1 Å². The predicted molar refractivity (Wildman–Crippen MR) is 80.6 cm³/mol. The number of rotatable bonds is 5. The first-order valence-electron chi connectivity index (χ1n) is 7.46. The fraction of sp³-hybridized carbons (Fsp3) is 0.647. The minimum absolute atomic E-state index is 0.258. The molecule has 2 nitrogen and oxygen atoms in total. The number of hydrogen-bond donors (Lipinski definition) is 1.